The van der Waals surface area contributed by atoms with Crippen LogP contribution in [0, 0.1) is 0 Å². The molecule has 1 atom stereocenters. The first kappa shape index (κ1) is 16.3. The summed E-state index contributed by atoms with van der Waals surface area (Å²) in [7, 11) is 0. The van der Waals surface area contributed by atoms with Gasteiger partial charge in [-0.3, -0.25) is 0 Å². The molecule has 0 spiro atoms. The number of hydrogen-bond donors (Lipinski definition) is 3. The van der Waals surface area contributed by atoms with Gasteiger partial charge in [-0.1, -0.05) is 59.9 Å². The smallest absolute Gasteiger partial charge is 0.227 e. The van der Waals surface area contributed by atoms with Crippen LogP contribution in [0.1, 0.15) is 23.4 Å². The van der Waals surface area contributed by atoms with E-state index in [-0.39, 0.29) is 11.9 Å². The molecule has 0 saturated carbocycles. The molecule has 0 fully saturated rings. The van der Waals surface area contributed by atoms with Gasteiger partial charge in [-0.05, 0) is 24.6 Å². The van der Waals surface area contributed by atoms with Crippen molar-refractivity contribution in [2.75, 3.05) is 17.2 Å². The molecule has 0 aliphatic heterocycles. The van der Waals surface area contributed by atoms with Crippen molar-refractivity contribution in [3.05, 3.63) is 71.1 Å². The van der Waals surface area contributed by atoms with Crippen LogP contribution in [0.5, 0.6) is 5.88 Å². The maximum Gasteiger partial charge on any atom is 0.227 e. The van der Waals surface area contributed by atoms with Crippen LogP contribution in [-0.2, 0) is 6.42 Å². The molecular formula is C19H21N3OS. The number of aromatic nitrogens is 1. The Balaban J connectivity index is 1.56. The monoisotopic (exact) mass is 339 g/mol. The average Bonchev–Trinajstić information content (AvgIpc) is 2.96. The van der Waals surface area contributed by atoms with E-state index in [9.17, 15) is 5.11 Å². The lowest BCUT2D eigenvalue weighted by Gasteiger charge is -2.12. The number of benzene rings is 2. The number of anilines is 2. The van der Waals surface area contributed by atoms with E-state index in [4.69, 9.17) is 0 Å². The van der Waals surface area contributed by atoms with Gasteiger partial charge < -0.3 is 15.7 Å². The van der Waals surface area contributed by atoms with E-state index in [0.717, 1.165) is 28.7 Å². The SMILES string of the molecule is C[C@H](Nc1nc(O)c(CCNc2ccccc2)s1)c1ccccc1. The van der Waals surface area contributed by atoms with Crippen molar-refractivity contribution in [1.29, 1.82) is 0 Å². The molecule has 0 unspecified atom stereocenters. The Hall–Kier alpha value is -2.53. The molecule has 3 aromatic rings. The van der Waals surface area contributed by atoms with Crippen molar-refractivity contribution >= 4 is 22.2 Å². The highest BCUT2D eigenvalue weighted by atomic mass is 32.1. The number of rotatable bonds is 7. The third-order valence-electron chi connectivity index (χ3n) is 3.77. The van der Waals surface area contributed by atoms with Crippen LogP contribution >= 0.6 is 11.3 Å². The predicted molar refractivity (Wildman–Crippen MR) is 101 cm³/mol. The van der Waals surface area contributed by atoms with Crippen molar-refractivity contribution in [3.63, 3.8) is 0 Å². The van der Waals surface area contributed by atoms with E-state index in [1.807, 2.05) is 48.5 Å². The van der Waals surface area contributed by atoms with E-state index < -0.39 is 0 Å². The van der Waals surface area contributed by atoms with Crippen LogP contribution in [0.15, 0.2) is 60.7 Å². The minimum atomic E-state index is 0.123. The maximum atomic E-state index is 10.0. The molecule has 2 aromatic carbocycles. The first-order valence-electron chi connectivity index (χ1n) is 8.01. The minimum Gasteiger partial charge on any atom is -0.492 e. The van der Waals surface area contributed by atoms with Gasteiger partial charge in [0.25, 0.3) is 0 Å². The Morgan fingerprint density at radius 3 is 2.42 bits per heavy atom. The average molecular weight is 339 g/mol. The zero-order chi connectivity index (χ0) is 16.8. The molecule has 0 amide bonds. The molecular weight excluding hydrogens is 318 g/mol. The lowest BCUT2D eigenvalue weighted by Crippen LogP contribution is -2.05. The molecule has 0 saturated heterocycles. The fourth-order valence-electron chi connectivity index (χ4n) is 2.45. The zero-order valence-electron chi connectivity index (χ0n) is 13.6. The Morgan fingerprint density at radius 1 is 1.04 bits per heavy atom. The molecule has 1 heterocycles. The maximum absolute atomic E-state index is 10.0. The second kappa shape index (κ2) is 7.84. The first-order chi connectivity index (χ1) is 11.7. The van der Waals surface area contributed by atoms with E-state index in [1.54, 1.807) is 0 Å². The Morgan fingerprint density at radius 2 is 1.71 bits per heavy atom. The normalized spacial score (nSPS) is 11.9. The summed E-state index contributed by atoms with van der Waals surface area (Å²) in [6.07, 6.45) is 0.736. The van der Waals surface area contributed by atoms with Crippen molar-refractivity contribution in [1.82, 2.24) is 4.98 Å². The zero-order valence-corrected chi connectivity index (χ0v) is 14.4. The van der Waals surface area contributed by atoms with Gasteiger partial charge in [-0.25, -0.2) is 0 Å². The third-order valence-corrected chi connectivity index (χ3v) is 4.81. The topological polar surface area (TPSA) is 57.2 Å². The van der Waals surface area contributed by atoms with E-state index in [2.05, 4.69) is 34.7 Å². The number of aromatic hydroxyl groups is 1. The highest BCUT2D eigenvalue weighted by Gasteiger charge is 2.12. The summed E-state index contributed by atoms with van der Waals surface area (Å²) in [6, 6.07) is 20.4. The minimum absolute atomic E-state index is 0.123. The van der Waals surface area contributed by atoms with Gasteiger partial charge in [0.2, 0.25) is 5.88 Å². The summed E-state index contributed by atoms with van der Waals surface area (Å²) in [6.45, 7) is 2.85. The van der Waals surface area contributed by atoms with Gasteiger partial charge in [0.15, 0.2) is 5.13 Å². The van der Waals surface area contributed by atoms with Crippen LogP contribution in [0.4, 0.5) is 10.8 Å². The molecule has 24 heavy (non-hydrogen) atoms. The summed E-state index contributed by atoms with van der Waals surface area (Å²) in [5, 5.41) is 17.5. The summed E-state index contributed by atoms with van der Waals surface area (Å²) in [5.41, 5.74) is 2.28. The molecule has 0 aliphatic rings. The van der Waals surface area contributed by atoms with E-state index in [1.165, 1.54) is 16.9 Å². The van der Waals surface area contributed by atoms with Crippen molar-refractivity contribution in [3.8, 4) is 5.88 Å². The van der Waals surface area contributed by atoms with E-state index >= 15 is 0 Å². The molecule has 1 aromatic heterocycles. The van der Waals surface area contributed by atoms with Gasteiger partial charge in [0, 0.05) is 18.7 Å². The van der Waals surface area contributed by atoms with Crippen molar-refractivity contribution in [2.45, 2.75) is 19.4 Å². The highest BCUT2D eigenvalue weighted by molar-refractivity contribution is 7.15. The summed E-state index contributed by atoms with van der Waals surface area (Å²) in [4.78, 5) is 5.13. The van der Waals surface area contributed by atoms with Gasteiger partial charge >= 0.3 is 0 Å². The second-order valence-corrected chi connectivity index (χ2v) is 6.67. The fraction of sp³-hybridized carbons (Fsp3) is 0.211. The summed E-state index contributed by atoms with van der Waals surface area (Å²) >= 11 is 1.51. The largest absolute Gasteiger partial charge is 0.492 e. The van der Waals surface area contributed by atoms with Crippen molar-refractivity contribution in [2.24, 2.45) is 0 Å². The number of para-hydroxylation sites is 1. The number of nitrogens with zero attached hydrogens (tertiary/aromatic N) is 1. The van der Waals surface area contributed by atoms with Crippen LogP contribution in [0.25, 0.3) is 0 Å². The van der Waals surface area contributed by atoms with Crippen LogP contribution in [0.3, 0.4) is 0 Å². The standard InChI is InChI=1S/C19H21N3OS/c1-14(15-8-4-2-5-9-15)21-19-22-18(23)17(24-19)12-13-20-16-10-6-3-7-11-16/h2-11,14,20,23H,12-13H2,1H3,(H,21,22)/t14-/m0/s1. The molecule has 4 nitrogen and oxygen atoms in total. The lowest BCUT2D eigenvalue weighted by molar-refractivity contribution is 0.452. The Kier molecular flexibility index (Phi) is 5.33. The van der Waals surface area contributed by atoms with Gasteiger partial charge in [0.1, 0.15) is 0 Å². The number of hydrogen-bond acceptors (Lipinski definition) is 5. The predicted octanol–water partition coefficient (Wildman–Crippen LogP) is 4.68. The molecule has 0 bridgehead atoms. The van der Waals surface area contributed by atoms with E-state index in [0.29, 0.717) is 0 Å². The Labute approximate surface area is 146 Å². The highest BCUT2D eigenvalue weighted by Crippen LogP contribution is 2.30. The van der Waals surface area contributed by atoms with Crippen LogP contribution in [-0.4, -0.2) is 16.6 Å². The van der Waals surface area contributed by atoms with Crippen molar-refractivity contribution < 1.29 is 5.11 Å². The summed E-state index contributed by atoms with van der Waals surface area (Å²) < 4.78 is 0. The van der Waals surface area contributed by atoms with Crippen LogP contribution < -0.4 is 10.6 Å². The number of nitrogens with one attached hydrogen (secondary N) is 2. The molecule has 3 rings (SSSR count). The lowest BCUT2D eigenvalue weighted by atomic mass is 10.1. The van der Waals surface area contributed by atoms with Gasteiger partial charge in [-0.2, -0.15) is 4.98 Å². The second-order valence-electron chi connectivity index (χ2n) is 5.59. The first-order valence-corrected chi connectivity index (χ1v) is 8.83. The molecule has 3 N–H and O–H groups in total. The molecule has 0 aliphatic carbocycles. The van der Waals surface area contributed by atoms with Crippen LogP contribution in [0.2, 0.25) is 0 Å². The third kappa shape index (κ3) is 4.26. The molecule has 124 valence electrons. The fourth-order valence-corrected chi connectivity index (χ4v) is 3.40. The molecule has 0 radical (unpaired) electrons. The van der Waals surface area contributed by atoms with Gasteiger partial charge in [-0.15, -0.1) is 0 Å². The molecule has 5 heteroatoms. The summed E-state index contributed by atoms with van der Waals surface area (Å²) in [5.74, 6) is 0.123. The van der Waals surface area contributed by atoms with Gasteiger partial charge in [0.05, 0.1) is 10.9 Å². The Bertz CT molecular complexity index is 759. The number of thiazole rings is 1. The quantitative estimate of drug-likeness (QED) is 0.585.